The molecule has 1 aliphatic heterocycles. The van der Waals surface area contributed by atoms with Crippen LogP contribution in [0.3, 0.4) is 0 Å². The van der Waals surface area contributed by atoms with Crippen LogP contribution >= 0.6 is 22.9 Å². The molecule has 1 aliphatic rings. The van der Waals surface area contributed by atoms with Crippen molar-refractivity contribution in [3.8, 4) is 0 Å². The third-order valence-electron chi connectivity index (χ3n) is 4.35. The molecule has 0 bridgehead atoms. The summed E-state index contributed by atoms with van der Waals surface area (Å²) in [4.78, 5) is 13.8. The molecule has 142 valence electrons. The maximum absolute atomic E-state index is 15.2. The molecule has 8 heteroatoms. The highest BCUT2D eigenvalue weighted by Gasteiger charge is 2.32. The molecule has 1 fully saturated rings. The summed E-state index contributed by atoms with van der Waals surface area (Å²) in [6, 6.07) is 3.67. The number of rotatable bonds is 4. The summed E-state index contributed by atoms with van der Waals surface area (Å²) in [6.07, 6.45) is 1.41. The van der Waals surface area contributed by atoms with Crippen LogP contribution in [0.4, 0.5) is 10.2 Å². The van der Waals surface area contributed by atoms with Gasteiger partial charge in [0.1, 0.15) is 5.69 Å². The Morgan fingerprint density at radius 2 is 2.12 bits per heavy atom. The van der Waals surface area contributed by atoms with E-state index in [2.05, 4.69) is 10.4 Å². The van der Waals surface area contributed by atoms with Gasteiger partial charge in [0, 0.05) is 29.4 Å². The molecule has 0 spiro atoms. The lowest BCUT2D eigenvalue weighted by Crippen LogP contribution is -2.29. The van der Waals surface area contributed by atoms with Crippen LogP contribution in [-0.4, -0.2) is 28.9 Å². The fourth-order valence-electron chi connectivity index (χ4n) is 2.88. The highest BCUT2D eigenvalue weighted by Crippen LogP contribution is 2.33. The fraction of sp³-hybridized carbons (Fsp3) is 0.556. The Morgan fingerprint density at radius 3 is 2.69 bits per heavy atom. The van der Waals surface area contributed by atoms with E-state index >= 15 is 4.39 Å². The van der Waals surface area contributed by atoms with Crippen LogP contribution in [0.5, 0.6) is 0 Å². The zero-order valence-corrected chi connectivity index (χ0v) is 16.7. The summed E-state index contributed by atoms with van der Waals surface area (Å²) in [7, 11) is 0. The van der Waals surface area contributed by atoms with E-state index in [1.165, 1.54) is 16.0 Å². The van der Waals surface area contributed by atoms with Gasteiger partial charge in [0.2, 0.25) is 0 Å². The van der Waals surface area contributed by atoms with E-state index in [4.69, 9.17) is 16.3 Å². The Labute approximate surface area is 161 Å². The summed E-state index contributed by atoms with van der Waals surface area (Å²) in [6.45, 7) is 6.94. The van der Waals surface area contributed by atoms with Gasteiger partial charge in [-0.3, -0.25) is 4.79 Å². The minimum absolute atomic E-state index is 0.0329. The first kappa shape index (κ1) is 19.3. The van der Waals surface area contributed by atoms with Gasteiger partial charge in [-0.25, -0.2) is 4.39 Å². The van der Waals surface area contributed by atoms with Crippen LogP contribution in [0.2, 0.25) is 4.34 Å². The van der Waals surface area contributed by atoms with Gasteiger partial charge in [0.15, 0.2) is 11.6 Å². The number of aromatic nitrogens is 2. The normalized spacial score (nSPS) is 16.0. The molecule has 1 N–H and O–H groups in total. The summed E-state index contributed by atoms with van der Waals surface area (Å²) < 4.78 is 22.4. The molecular formula is C18H23ClFN3O2S. The second-order valence-corrected chi connectivity index (χ2v) is 9.26. The smallest absolute Gasteiger partial charge is 0.254 e. The van der Waals surface area contributed by atoms with E-state index in [-0.39, 0.29) is 17.6 Å². The van der Waals surface area contributed by atoms with Crippen LogP contribution in [0, 0.1) is 11.2 Å². The molecule has 5 nitrogen and oxygen atoms in total. The van der Waals surface area contributed by atoms with Crippen molar-refractivity contribution < 1.29 is 13.9 Å². The predicted molar refractivity (Wildman–Crippen MR) is 102 cm³/mol. The molecule has 3 rings (SSSR count). The number of nitrogens with zero attached hydrogens (tertiary/aromatic N) is 2. The lowest BCUT2D eigenvalue weighted by atomic mass is 9.96. The Morgan fingerprint density at radius 1 is 1.42 bits per heavy atom. The number of hydrogen-bond donors (Lipinski definition) is 1. The molecule has 2 aromatic heterocycles. The topological polar surface area (TPSA) is 56.2 Å². The molecule has 3 heterocycles. The summed E-state index contributed by atoms with van der Waals surface area (Å²) >= 11 is 7.37. The van der Waals surface area contributed by atoms with Crippen LogP contribution in [0.25, 0.3) is 0 Å². The quantitative estimate of drug-likeness (QED) is 0.791. The second kappa shape index (κ2) is 7.66. The highest BCUT2D eigenvalue weighted by molar-refractivity contribution is 7.16. The number of anilines is 1. The zero-order chi connectivity index (χ0) is 18.9. The van der Waals surface area contributed by atoms with E-state index in [0.29, 0.717) is 42.6 Å². The molecule has 0 saturated carbocycles. The largest absolute Gasteiger partial charge is 0.381 e. The van der Waals surface area contributed by atoms with Crippen molar-refractivity contribution in [3.05, 3.63) is 32.9 Å². The summed E-state index contributed by atoms with van der Waals surface area (Å²) in [5.41, 5.74) is -0.328. The number of nitrogens with one attached hydrogen (secondary N) is 1. The van der Waals surface area contributed by atoms with Crippen LogP contribution in [0.1, 0.15) is 54.9 Å². The van der Waals surface area contributed by atoms with Crippen LogP contribution in [0.15, 0.2) is 12.1 Å². The molecule has 0 amide bonds. The van der Waals surface area contributed by atoms with Crippen LogP contribution < -0.4 is 5.32 Å². The van der Waals surface area contributed by atoms with Crippen molar-refractivity contribution in [1.29, 1.82) is 0 Å². The average Bonchev–Trinajstić information content (AvgIpc) is 3.15. The molecule has 0 unspecified atom stereocenters. The Kier molecular flexibility index (Phi) is 5.69. The predicted octanol–water partition coefficient (Wildman–Crippen LogP) is 4.93. The number of carbonyl (C=O) groups is 1. The molecule has 0 radical (unpaired) electrons. The molecule has 0 atom stereocenters. The fourth-order valence-corrected chi connectivity index (χ4v) is 3.91. The Bertz CT molecular complexity index is 791. The standard InChI is InChI=1S/C18H23ClFN3O2S/c1-18(2,3)17(24)23-16(21-10-12-4-5-13(19)26-12)14(20)15(22-23)11-6-8-25-9-7-11/h4-5,11,21H,6-10H2,1-3H3. The van der Waals surface area contributed by atoms with Crippen molar-refractivity contribution in [1.82, 2.24) is 9.78 Å². The van der Waals surface area contributed by atoms with E-state index in [9.17, 15) is 4.79 Å². The SMILES string of the molecule is CC(C)(C)C(=O)n1nc(C2CCOCC2)c(F)c1NCc1ccc(Cl)s1. The number of halogens is 2. The first-order valence-corrected chi connectivity index (χ1v) is 9.86. The minimum atomic E-state index is -0.673. The van der Waals surface area contributed by atoms with Crippen molar-refractivity contribution in [2.45, 2.75) is 46.1 Å². The van der Waals surface area contributed by atoms with Crippen molar-refractivity contribution in [2.75, 3.05) is 18.5 Å². The van der Waals surface area contributed by atoms with Gasteiger partial charge in [-0.15, -0.1) is 11.3 Å². The van der Waals surface area contributed by atoms with E-state index < -0.39 is 11.2 Å². The van der Waals surface area contributed by atoms with Gasteiger partial charge < -0.3 is 10.1 Å². The minimum Gasteiger partial charge on any atom is -0.381 e. The molecule has 0 aliphatic carbocycles. The van der Waals surface area contributed by atoms with Gasteiger partial charge in [-0.1, -0.05) is 32.4 Å². The number of hydrogen-bond acceptors (Lipinski definition) is 5. The van der Waals surface area contributed by atoms with Crippen molar-refractivity contribution >= 4 is 34.7 Å². The Balaban J connectivity index is 1.93. The highest BCUT2D eigenvalue weighted by atomic mass is 35.5. The lowest BCUT2D eigenvalue weighted by Gasteiger charge is -2.20. The van der Waals surface area contributed by atoms with Gasteiger partial charge in [0.25, 0.3) is 5.91 Å². The molecular weight excluding hydrogens is 377 g/mol. The third kappa shape index (κ3) is 4.10. The monoisotopic (exact) mass is 399 g/mol. The van der Waals surface area contributed by atoms with E-state index in [1.807, 2.05) is 6.07 Å². The van der Waals surface area contributed by atoms with Gasteiger partial charge in [0.05, 0.1) is 10.9 Å². The average molecular weight is 400 g/mol. The zero-order valence-electron chi connectivity index (χ0n) is 15.1. The second-order valence-electron chi connectivity index (χ2n) is 7.46. The van der Waals surface area contributed by atoms with E-state index in [0.717, 1.165) is 4.88 Å². The first-order chi connectivity index (χ1) is 12.3. The molecule has 2 aromatic rings. The summed E-state index contributed by atoms with van der Waals surface area (Å²) in [5, 5.41) is 7.42. The van der Waals surface area contributed by atoms with Gasteiger partial charge in [-0.05, 0) is 25.0 Å². The van der Waals surface area contributed by atoms with Crippen molar-refractivity contribution in [3.63, 3.8) is 0 Å². The lowest BCUT2D eigenvalue weighted by molar-refractivity contribution is 0.0745. The third-order valence-corrected chi connectivity index (χ3v) is 5.58. The van der Waals surface area contributed by atoms with Gasteiger partial charge in [-0.2, -0.15) is 9.78 Å². The maximum Gasteiger partial charge on any atom is 0.254 e. The van der Waals surface area contributed by atoms with Crippen molar-refractivity contribution in [2.24, 2.45) is 5.41 Å². The van der Waals surface area contributed by atoms with Gasteiger partial charge >= 0.3 is 0 Å². The summed E-state index contributed by atoms with van der Waals surface area (Å²) in [5.74, 6) is -0.607. The molecule has 26 heavy (non-hydrogen) atoms. The molecule has 1 saturated heterocycles. The number of ether oxygens (including phenoxy) is 1. The van der Waals surface area contributed by atoms with E-state index in [1.54, 1.807) is 26.8 Å². The Hall–Kier alpha value is -1.44. The molecule has 0 aromatic carbocycles. The number of carbonyl (C=O) groups excluding carboxylic acids is 1. The first-order valence-electron chi connectivity index (χ1n) is 8.66. The number of thiophene rings is 1. The van der Waals surface area contributed by atoms with Crippen LogP contribution in [-0.2, 0) is 11.3 Å². The maximum atomic E-state index is 15.2.